The summed E-state index contributed by atoms with van der Waals surface area (Å²) in [5.41, 5.74) is 12.9. The van der Waals surface area contributed by atoms with Gasteiger partial charge in [0.15, 0.2) is 0 Å². The fourth-order valence-electron chi connectivity index (χ4n) is 2.84. The van der Waals surface area contributed by atoms with Crippen LogP contribution in [-0.4, -0.2) is 35.2 Å². The summed E-state index contributed by atoms with van der Waals surface area (Å²) in [4.78, 5) is 38.5. The van der Waals surface area contributed by atoms with Gasteiger partial charge in [0.1, 0.15) is 6.04 Å². The van der Waals surface area contributed by atoms with Gasteiger partial charge in [0, 0.05) is 17.8 Å². The molecule has 0 saturated carbocycles. The molecule has 148 valence electrons. The van der Waals surface area contributed by atoms with Gasteiger partial charge in [-0.25, -0.2) is 0 Å². The molecule has 0 radical (unpaired) electrons. The monoisotopic (exact) mass is 382 g/mol. The second-order valence-corrected chi connectivity index (χ2v) is 6.97. The van der Waals surface area contributed by atoms with E-state index in [9.17, 15) is 14.4 Å². The number of benzene rings is 2. The summed E-state index contributed by atoms with van der Waals surface area (Å²) >= 11 is 0. The van der Waals surface area contributed by atoms with Crippen LogP contribution in [0.5, 0.6) is 0 Å². The highest BCUT2D eigenvalue weighted by Crippen LogP contribution is 2.14. The Kier molecular flexibility index (Phi) is 7.14. The number of amides is 3. The van der Waals surface area contributed by atoms with Gasteiger partial charge in [-0.2, -0.15) is 0 Å². The van der Waals surface area contributed by atoms with Gasteiger partial charge < -0.3 is 21.7 Å². The Hall–Kier alpha value is -3.35. The van der Waals surface area contributed by atoms with Crippen molar-refractivity contribution in [3.63, 3.8) is 0 Å². The minimum Gasteiger partial charge on any atom is -0.399 e. The molecule has 0 aromatic heterocycles. The van der Waals surface area contributed by atoms with E-state index in [1.54, 1.807) is 42.5 Å². The molecule has 2 aromatic carbocycles. The molecule has 0 aliphatic carbocycles. The highest BCUT2D eigenvalue weighted by molar-refractivity contribution is 5.98. The standard InChI is InChI=1S/C21H26N4O3/c1-14(2)19(24-20(27)16-8-4-3-5-9-16)21(28)25(13-18(23)26)12-15-7-6-10-17(22)11-15/h3-11,14,19H,12-13,22H2,1-2H3,(H2,23,26)(H,24,27)/t19-/m0/s1. The van der Waals surface area contributed by atoms with E-state index in [4.69, 9.17) is 11.5 Å². The Morgan fingerprint density at radius 3 is 2.29 bits per heavy atom. The summed E-state index contributed by atoms with van der Waals surface area (Å²) < 4.78 is 0. The third kappa shape index (κ3) is 5.84. The number of nitrogens with one attached hydrogen (secondary N) is 1. The predicted molar refractivity (Wildman–Crippen MR) is 108 cm³/mol. The van der Waals surface area contributed by atoms with E-state index in [2.05, 4.69) is 5.32 Å². The first kappa shape index (κ1) is 21.0. The van der Waals surface area contributed by atoms with E-state index in [0.717, 1.165) is 5.56 Å². The summed E-state index contributed by atoms with van der Waals surface area (Å²) in [7, 11) is 0. The van der Waals surface area contributed by atoms with E-state index in [1.165, 1.54) is 4.90 Å². The largest absolute Gasteiger partial charge is 0.399 e. The lowest BCUT2D eigenvalue weighted by Gasteiger charge is -2.29. The van der Waals surface area contributed by atoms with Crippen LogP contribution in [0, 0.1) is 5.92 Å². The molecule has 0 bridgehead atoms. The number of hydrogen-bond donors (Lipinski definition) is 3. The summed E-state index contributed by atoms with van der Waals surface area (Å²) in [5.74, 6) is -1.54. The highest BCUT2D eigenvalue weighted by atomic mass is 16.2. The predicted octanol–water partition coefficient (Wildman–Crippen LogP) is 1.54. The SMILES string of the molecule is CC(C)[C@H](NC(=O)c1ccccc1)C(=O)N(CC(N)=O)Cc1cccc(N)c1. The maximum atomic E-state index is 13.1. The van der Waals surface area contributed by atoms with Crippen molar-refractivity contribution >= 4 is 23.4 Å². The molecule has 0 aliphatic heterocycles. The Balaban J connectivity index is 2.22. The third-order valence-electron chi connectivity index (χ3n) is 4.24. The van der Waals surface area contributed by atoms with E-state index < -0.39 is 11.9 Å². The van der Waals surface area contributed by atoms with Crippen LogP contribution in [0.2, 0.25) is 0 Å². The molecule has 0 saturated heterocycles. The van der Waals surface area contributed by atoms with Gasteiger partial charge >= 0.3 is 0 Å². The first-order valence-electron chi connectivity index (χ1n) is 9.05. The summed E-state index contributed by atoms with van der Waals surface area (Å²) in [6.07, 6.45) is 0. The zero-order chi connectivity index (χ0) is 20.7. The van der Waals surface area contributed by atoms with Gasteiger partial charge in [-0.15, -0.1) is 0 Å². The molecular formula is C21H26N4O3. The van der Waals surface area contributed by atoms with Gasteiger partial charge in [0.2, 0.25) is 11.8 Å². The molecule has 0 heterocycles. The topological polar surface area (TPSA) is 119 Å². The maximum Gasteiger partial charge on any atom is 0.251 e. The lowest BCUT2D eigenvalue weighted by Crippen LogP contribution is -2.52. The number of rotatable bonds is 8. The Labute approximate surface area is 164 Å². The molecule has 0 spiro atoms. The lowest BCUT2D eigenvalue weighted by atomic mass is 10.0. The van der Waals surface area contributed by atoms with Crippen LogP contribution in [0.25, 0.3) is 0 Å². The quantitative estimate of drug-likeness (QED) is 0.600. The van der Waals surface area contributed by atoms with Gasteiger partial charge in [-0.05, 0) is 35.7 Å². The van der Waals surface area contributed by atoms with Crippen LogP contribution in [0.3, 0.4) is 0 Å². The number of primary amides is 1. The van der Waals surface area contributed by atoms with Gasteiger partial charge in [-0.1, -0.05) is 44.2 Å². The van der Waals surface area contributed by atoms with Crippen molar-refractivity contribution in [3.05, 3.63) is 65.7 Å². The Bertz CT molecular complexity index is 837. The van der Waals surface area contributed by atoms with Crippen molar-refractivity contribution in [3.8, 4) is 0 Å². The van der Waals surface area contributed by atoms with Gasteiger partial charge in [-0.3, -0.25) is 14.4 Å². The minimum atomic E-state index is -0.798. The molecule has 5 N–H and O–H groups in total. The van der Waals surface area contributed by atoms with Crippen LogP contribution < -0.4 is 16.8 Å². The number of carbonyl (C=O) groups excluding carboxylic acids is 3. The molecule has 1 atom stereocenters. The summed E-state index contributed by atoms with van der Waals surface area (Å²) in [5, 5.41) is 2.78. The number of anilines is 1. The number of hydrogen-bond acceptors (Lipinski definition) is 4. The smallest absolute Gasteiger partial charge is 0.251 e. The molecule has 2 rings (SSSR count). The maximum absolute atomic E-state index is 13.1. The van der Waals surface area contributed by atoms with E-state index in [1.807, 2.05) is 26.0 Å². The second-order valence-electron chi connectivity index (χ2n) is 6.97. The van der Waals surface area contributed by atoms with Crippen molar-refractivity contribution in [2.75, 3.05) is 12.3 Å². The molecular weight excluding hydrogens is 356 g/mol. The van der Waals surface area contributed by atoms with E-state index in [-0.39, 0.29) is 30.8 Å². The zero-order valence-corrected chi connectivity index (χ0v) is 16.1. The van der Waals surface area contributed by atoms with Crippen LogP contribution in [0.15, 0.2) is 54.6 Å². The minimum absolute atomic E-state index is 0.164. The number of nitrogen functional groups attached to an aromatic ring is 1. The number of carbonyl (C=O) groups is 3. The van der Waals surface area contributed by atoms with Crippen molar-refractivity contribution in [2.45, 2.75) is 26.4 Å². The lowest BCUT2D eigenvalue weighted by molar-refractivity contribution is -0.138. The zero-order valence-electron chi connectivity index (χ0n) is 16.1. The van der Waals surface area contributed by atoms with Gasteiger partial charge in [0.05, 0.1) is 6.54 Å². The molecule has 0 unspecified atom stereocenters. The fourth-order valence-corrected chi connectivity index (χ4v) is 2.84. The molecule has 0 aliphatic rings. The average Bonchev–Trinajstić information content (AvgIpc) is 2.65. The fraction of sp³-hybridized carbons (Fsp3) is 0.286. The van der Waals surface area contributed by atoms with Crippen molar-refractivity contribution in [1.29, 1.82) is 0 Å². The first-order chi connectivity index (χ1) is 13.3. The van der Waals surface area contributed by atoms with Crippen molar-refractivity contribution in [1.82, 2.24) is 10.2 Å². The highest BCUT2D eigenvalue weighted by Gasteiger charge is 2.29. The Morgan fingerprint density at radius 2 is 1.71 bits per heavy atom. The second kappa shape index (κ2) is 9.55. The number of nitrogens with two attached hydrogens (primary N) is 2. The number of nitrogens with zero attached hydrogens (tertiary/aromatic N) is 1. The summed E-state index contributed by atoms with van der Waals surface area (Å²) in [6.45, 7) is 3.57. The van der Waals surface area contributed by atoms with E-state index in [0.29, 0.717) is 11.3 Å². The summed E-state index contributed by atoms with van der Waals surface area (Å²) in [6, 6.07) is 14.9. The average molecular weight is 382 g/mol. The van der Waals surface area contributed by atoms with Crippen LogP contribution in [0.4, 0.5) is 5.69 Å². The van der Waals surface area contributed by atoms with Crippen LogP contribution in [-0.2, 0) is 16.1 Å². The molecule has 7 nitrogen and oxygen atoms in total. The third-order valence-corrected chi connectivity index (χ3v) is 4.24. The molecule has 28 heavy (non-hydrogen) atoms. The normalized spacial score (nSPS) is 11.7. The Morgan fingerprint density at radius 1 is 1.04 bits per heavy atom. The molecule has 3 amide bonds. The van der Waals surface area contributed by atoms with Gasteiger partial charge in [0.25, 0.3) is 5.91 Å². The van der Waals surface area contributed by atoms with Crippen LogP contribution >= 0.6 is 0 Å². The molecule has 2 aromatic rings. The molecule has 0 fully saturated rings. The molecule has 7 heteroatoms. The first-order valence-corrected chi connectivity index (χ1v) is 9.05. The van der Waals surface area contributed by atoms with Crippen LogP contribution in [0.1, 0.15) is 29.8 Å². The van der Waals surface area contributed by atoms with Crippen molar-refractivity contribution in [2.24, 2.45) is 11.7 Å². The van der Waals surface area contributed by atoms with Crippen molar-refractivity contribution < 1.29 is 14.4 Å². The van der Waals surface area contributed by atoms with E-state index >= 15 is 0 Å².